The number of carbonyl (C=O) groups excluding carboxylic acids is 7. The smallest absolute Gasteiger partial charge is 0.326 e. The molecular weight excluding hydrogens is 732 g/mol. The molecule has 0 bridgehead atoms. The van der Waals surface area contributed by atoms with Crippen molar-refractivity contribution in [2.24, 2.45) is 23.3 Å². The molecule has 0 saturated heterocycles. The summed E-state index contributed by atoms with van der Waals surface area (Å²) in [5.74, 6) is -8.93. The van der Waals surface area contributed by atoms with Crippen molar-refractivity contribution in [3.05, 3.63) is 0 Å². The number of nitrogens with two attached hydrogens (primary N) is 2. The van der Waals surface area contributed by atoms with Gasteiger partial charge in [-0.1, -0.05) is 34.1 Å². The molecule has 21 heteroatoms. The Bertz CT molecular complexity index is 1320. The van der Waals surface area contributed by atoms with E-state index >= 15 is 0 Å². The standard InChI is InChI=1S/C33H58N8O12S/c1-7-17(4)26(41-27(46)18(5)34)32(51)40-23(15-42)31(50)37-20(12-13-54-6)29(48)39-22(14-16(2)3)30(49)36-19(8-10-24(35)43)28(47)38-21(33(52)53)9-11-25(44)45/h16-23,26,42H,7-15,34H2,1-6H3,(H2,35,43)(H,36,49)(H,37,50)(H,38,47)(H,39,48)(H,40,51)(H,41,46)(H,44,45)(H,52,53)/t17-,18-,19-,20-,21-,22-,23-,26-/m0/s1. The lowest BCUT2D eigenvalue weighted by atomic mass is 9.97. The number of hydrogen-bond acceptors (Lipinski definition) is 12. The summed E-state index contributed by atoms with van der Waals surface area (Å²) in [6, 6.07) is -9.27. The van der Waals surface area contributed by atoms with Crippen LogP contribution in [0.5, 0.6) is 0 Å². The van der Waals surface area contributed by atoms with Crippen molar-refractivity contribution in [3.8, 4) is 0 Å². The number of aliphatic hydroxyl groups excluding tert-OH is 1. The van der Waals surface area contributed by atoms with E-state index in [4.69, 9.17) is 16.6 Å². The fraction of sp³-hybridized carbons (Fsp3) is 0.727. The first-order valence-electron chi connectivity index (χ1n) is 17.6. The number of amides is 7. The van der Waals surface area contributed by atoms with E-state index in [2.05, 4.69) is 31.9 Å². The number of aliphatic carboxylic acids is 2. The molecular formula is C33H58N8O12S. The van der Waals surface area contributed by atoms with Crippen LogP contribution >= 0.6 is 11.8 Å². The van der Waals surface area contributed by atoms with Gasteiger partial charge >= 0.3 is 11.9 Å². The number of carboxylic acids is 2. The summed E-state index contributed by atoms with van der Waals surface area (Å²) in [6.07, 6.45) is 0.512. The first-order chi connectivity index (χ1) is 25.2. The highest BCUT2D eigenvalue weighted by Crippen LogP contribution is 2.11. The van der Waals surface area contributed by atoms with Gasteiger partial charge in [-0.2, -0.15) is 11.8 Å². The second-order valence-electron chi connectivity index (χ2n) is 13.3. The average Bonchev–Trinajstić information content (AvgIpc) is 3.09. The van der Waals surface area contributed by atoms with Gasteiger partial charge in [-0.05, 0) is 56.5 Å². The summed E-state index contributed by atoms with van der Waals surface area (Å²) in [5.41, 5.74) is 10.9. The number of carbonyl (C=O) groups is 9. The SMILES string of the molecule is CC[C@H](C)[C@H](NC(=O)[C@H](C)N)C(=O)N[C@@H](CO)C(=O)N[C@@H](CCSC)C(=O)N[C@@H](CC(C)C)C(=O)N[C@@H](CCC(N)=O)C(=O)N[C@@H](CCC(=O)O)C(=O)O. The minimum absolute atomic E-state index is 0.0285. The molecule has 20 nitrogen and oxygen atoms in total. The Morgan fingerprint density at radius 1 is 0.630 bits per heavy atom. The molecule has 0 fully saturated rings. The predicted octanol–water partition coefficient (Wildman–Crippen LogP) is -2.71. The van der Waals surface area contributed by atoms with Crippen molar-refractivity contribution < 1.29 is 58.5 Å². The van der Waals surface area contributed by atoms with Gasteiger partial charge in [0, 0.05) is 12.8 Å². The van der Waals surface area contributed by atoms with Gasteiger partial charge in [0.2, 0.25) is 41.4 Å². The van der Waals surface area contributed by atoms with E-state index in [1.807, 2.05) is 0 Å². The molecule has 54 heavy (non-hydrogen) atoms. The molecule has 0 rings (SSSR count). The number of aliphatic hydroxyl groups is 1. The van der Waals surface area contributed by atoms with Gasteiger partial charge in [0.25, 0.3) is 0 Å². The van der Waals surface area contributed by atoms with E-state index < -0.39 is 121 Å². The van der Waals surface area contributed by atoms with Crippen LogP contribution in [0.3, 0.4) is 0 Å². The van der Waals surface area contributed by atoms with Crippen LogP contribution in [0.4, 0.5) is 0 Å². The van der Waals surface area contributed by atoms with Crippen molar-refractivity contribution >= 4 is 65.1 Å². The molecule has 0 aliphatic carbocycles. The van der Waals surface area contributed by atoms with Crippen molar-refractivity contribution in [2.75, 3.05) is 18.6 Å². The maximum Gasteiger partial charge on any atom is 0.326 e. The van der Waals surface area contributed by atoms with Gasteiger partial charge in [0.1, 0.15) is 36.3 Å². The van der Waals surface area contributed by atoms with Crippen LogP contribution in [0.15, 0.2) is 0 Å². The molecule has 13 N–H and O–H groups in total. The fourth-order valence-corrected chi connectivity index (χ4v) is 5.29. The quantitative estimate of drug-likeness (QED) is 0.0403. The van der Waals surface area contributed by atoms with Crippen molar-refractivity contribution in [1.29, 1.82) is 0 Å². The first-order valence-corrected chi connectivity index (χ1v) is 19.0. The molecule has 0 spiro atoms. The van der Waals surface area contributed by atoms with Gasteiger partial charge in [-0.25, -0.2) is 4.79 Å². The molecule has 0 aliphatic rings. The van der Waals surface area contributed by atoms with E-state index in [1.54, 1.807) is 34.0 Å². The molecule has 0 aromatic carbocycles. The van der Waals surface area contributed by atoms with E-state index in [0.717, 1.165) is 0 Å². The number of thioether (sulfide) groups is 1. The number of primary amides is 1. The molecule has 0 aromatic heterocycles. The van der Waals surface area contributed by atoms with Crippen LogP contribution in [-0.2, 0) is 43.2 Å². The summed E-state index contributed by atoms with van der Waals surface area (Å²) in [6.45, 7) is 7.55. The first kappa shape index (κ1) is 49.5. The number of hydrogen-bond donors (Lipinski definition) is 11. The maximum absolute atomic E-state index is 13.6. The van der Waals surface area contributed by atoms with Crippen molar-refractivity contribution in [2.45, 2.75) is 122 Å². The minimum Gasteiger partial charge on any atom is -0.481 e. The van der Waals surface area contributed by atoms with Gasteiger partial charge < -0.3 is 58.7 Å². The van der Waals surface area contributed by atoms with Crippen LogP contribution in [0.1, 0.15) is 79.6 Å². The van der Waals surface area contributed by atoms with Crippen molar-refractivity contribution in [1.82, 2.24) is 31.9 Å². The second-order valence-corrected chi connectivity index (χ2v) is 14.3. The highest BCUT2D eigenvalue weighted by molar-refractivity contribution is 7.98. The molecule has 0 radical (unpaired) electrons. The van der Waals surface area contributed by atoms with E-state index in [-0.39, 0.29) is 31.1 Å². The summed E-state index contributed by atoms with van der Waals surface area (Å²) >= 11 is 1.35. The summed E-state index contributed by atoms with van der Waals surface area (Å²) in [4.78, 5) is 113. The van der Waals surface area contributed by atoms with Crippen LogP contribution in [0, 0.1) is 11.8 Å². The van der Waals surface area contributed by atoms with Gasteiger partial charge in [-0.15, -0.1) is 0 Å². The normalized spacial score (nSPS) is 15.5. The molecule has 308 valence electrons. The van der Waals surface area contributed by atoms with Crippen molar-refractivity contribution in [3.63, 3.8) is 0 Å². The molecule has 0 unspecified atom stereocenters. The third-order valence-corrected chi connectivity index (χ3v) is 8.82. The minimum atomic E-state index is -1.63. The second kappa shape index (κ2) is 25.5. The predicted molar refractivity (Wildman–Crippen MR) is 197 cm³/mol. The lowest BCUT2D eigenvalue weighted by Gasteiger charge is -2.28. The van der Waals surface area contributed by atoms with E-state index in [9.17, 15) is 53.4 Å². The Hall–Kier alpha value is -4.50. The Balaban J connectivity index is 6.18. The monoisotopic (exact) mass is 790 g/mol. The summed E-state index contributed by atoms with van der Waals surface area (Å²) in [7, 11) is 0. The maximum atomic E-state index is 13.6. The zero-order valence-electron chi connectivity index (χ0n) is 31.6. The fourth-order valence-electron chi connectivity index (χ4n) is 4.82. The van der Waals surface area contributed by atoms with Crippen LogP contribution in [-0.4, -0.2) is 130 Å². The van der Waals surface area contributed by atoms with Gasteiger partial charge in [-0.3, -0.25) is 38.4 Å². The average molecular weight is 791 g/mol. The van der Waals surface area contributed by atoms with E-state index in [0.29, 0.717) is 12.2 Å². The number of nitrogens with one attached hydrogen (secondary N) is 6. The molecule has 0 heterocycles. The zero-order valence-corrected chi connectivity index (χ0v) is 32.5. The zero-order chi connectivity index (χ0) is 41.7. The highest BCUT2D eigenvalue weighted by atomic mass is 32.2. The highest BCUT2D eigenvalue weighted by Gasteiger charge is 2.34. The number of carboxylic acid groups (broad SMARTS) is 2. The Morgan fingerprint density at radius 3 is 1.54 bits per heavy atom. The Labute approximate surface area is 318 Å². The molecule has 0 saturated carbocycles. The molecule has 0 aliphatic heterocycles. The van der Waals surface area contributed by atoms with Crippen LogP contribution in [0.25, 0.3) is 0 Å². The number of rotatable bonds is 27. The molecule has 7 amide bonds. The van der Waals surface area contributed by atoms with E-state index in [1.165, 1.54) is 18.7 Å². The van der Waals surface area contributed by atoms with Gasteiger partial charge in [0.15, 0.2) is 0 Å². The summed E-state index contributed by atoms with van der Waals surface area (Å²) < 4.78 is 0. The van der Waals surface area contributed by atoms with Gasteiger partial charge in [0.05, 0.1) is 12.6 Å². The lowest BCUT2D eigenvalue weighted by Crippen LogP contribution is -2.61. The summed E-state index contributed by atoms with van der Waals surface area (Å²) in [5, 5.41) is 43.0. The third-order valence-electron chi connectivity index (χ3n) is 8.18. The molecule has 0 aromatic rings. The third kappa shape index (κ3) is 19.0. The lowest BCUT2D eigenvalue weighted by molar-refractivity contribution is -0.143. The topological polar surface area (TPSA) is 339 Å². The molecule has 8 atom stereocenters. The largest absolute Gasteiger partial charge is 0.481 e. The Morgan fingerprint density at radius 2 is 1.09 bits per heavy atom. The van der Waals surface area contributed by atoms with Crippen LogP contribution < -0.4 is 43.4 Å². The van der Waals surface area contributed by atoms with Crippen LogP contribution in [0.2, 0.25) is 0 Å². The Kier molecular flexibility index (Phi) is 23.4.